The van der Waals surface area contributed by atoms with Crippen molar-refractivity contribution in [2.45, 2.75) is 18.8 Å². The van der Waals surface area contributed by atoms with Crippen LogP contribution in [0, 0.1) is 5.82 Å². The summed E-state index contributed by atoms with van der Waals surface area (Å²) in [5.41, 5.74) is 5.77. The summed E-state index contributed by atoms with van der Waals surface area (Å²) in [6, 6.07) is 12.6. The molecule has 0 spiro atoms. The molecule has 31 heavy (non-hydrogen) atoms. The Morgan fingerprint density at radius 1 is 0.935 bits per heavy atom. The van der Waals surface area contributed by atoms with Crippen molar-refractivity contribution in [3.63, 3.8) is 0 Å². The molecule has 8 heteroatoms. The number of rotatable bonds is 3. The lowest BCUT2D eigenvalue weighted by Crippen LogP contribution is -2.27. The van der Waals surface area contributed by atoms with Gasteiger partial charge in [-0.1, -0.05) is 18.2 Å². The number of benzene rings is 1. The zero-order valence-electron chi connectivity index (χ0n) is 16.7. The van der Waals surface area contributed by atoms with Crippen molar-refractivity contribution < 1.29 is 4.39 Å². The molecule has 1 fully saturated rings. The van der Waals surface area contributed by atoms with Gasteiger partial charge in [-0.25, -0.2) is 19.3 Å². The highest BCUT2D eigenvalue weighted by Gasteiger charge is 2.21. The first-order valence-corrected chi connectivity index (χ1v) is 10.4. The number of nitrogens with one attached hydrogen (secondary N) is 3. The number of pyridine rings is 2. The summed E-state index contributed by atoms with van der Waals surface area (Å²) in [5, 5.41) is 10.9. The van der Waals surface area contributed by atoms with Crippen molar-refractivity contribution in [3.8, 4) is 22.6 Å². The molecule has 0 atom stereocenters. The molecule has 1 saturated heterocycles. The lowest BCUT2D eigenvalue weighted by molar-refractivity contribution is 0.454. The number of H-pyrrole nitrogens is 2. The molecule has 0 bridgehead atoms. The van der Waals surface area contributed by atoms with Crippen LogP contribution < -0.4 is 5.32 Å². The number of nitrogens with zero attached hydrogens (tertiary/aromatic N) is 4. The van der Waals surface area contributed by atoms with E-state index in [2.05, 4.69) is 36.5 Å². The second-order valence-corrected chi connectivity index (χ2v) is 7.85. The number of hydrogen-bond acceptors (Lipinski definition) is 5. The molecule has 0 unspecified atom stereocenters. The van der Waals surface area contributed by atoms with Crippen molar-refractivity contribution in [1.29, 1.82) is 0 Å². The van der Waals surface area contributed by atoms with E-state index in [9.17, 15) is 4.39 Å². The highest BCUT2D eigenvalue weighted by molar-refractivity contribution is 5.94. The summed E-state index contributed by atoms with van der Waals surface area (Å²) in [7, 11) is 0. The van der Waals surface area contributed by atoms with Crippen molar-refractivity contribution in [2.75, 3.05) is 13.1 Å². The summed E-state index contributed by atoms with van der Waals surface area (Å²) in [6.07, 6.45) is 3.79. The molecule has 5 aromatic rings. The second-order valence-electron chi connectivity index (χ2n) is 7.85. The minimum Gasteiger partial charge on any atom is -0.335 e. The fourth-order valence-electron chi connectivity index (χ4n) is 4.35. The average molecular weight is 413 g/mol. The Morgan fingerprint density at radius 2 is 1.81 bits per heavy atom. The van der Waals surface area contributed by atoms with Crippen LogP contribution in [0.5, 0.6) is 0 Å². The first-order chi connectivity index (χ1) is 15.3. The fourth-order valence-corrected chi connectivity index (χ4v) is 4.35. The van der Waals surface area contributed by atoms with E-state index >= 15 is 0 Å². The van der Waals surface area contributed by atoms with Gasteiger partial charge in [0.2, 0.25) is 0 Å². The van der Waals surface area contributed by atoms with Gasteiger partial charge < -0.3 is 10.3 Å². The van der Waals surface area contributed by atoms with Crippen LogP contribution in [0.2, 0.25) is 0 Å². The third kappa shape index (κ3) is 3.07. The fraction of sp³-hybridized carbons (Fsp3) is 0.217. The van der Waals surface area contributed by atoms with Gasteiger partial charge in [-0.2, -0.15) is 5.10 Å². The van der Waals surface area contributed by atoms with Crippen LogP contribution in [0.15, 0.2) is 48.7 Å². The molecular weight excluding hydrogens is 393 g/mol. The number of piperidine rings is 1. The first-order valence-electron chi connectivity index (χ1n) is 10.4. The van der Waals surface area contributed by atoms with E-state index in [1.54, 1.807) is 24.4 Å². The Morgan fingerprint density at radius 3 is 2.68 bits per heavy atom. The van der Waals surface area contributed by atoms with Gasteiger partial charge in [0, 0.05) is 28.9 Å². The van der Waals surface area contributed by atoms with Gasteiger partial charge in [-0.05, 0) is 50.2 Å². The zero-order chi connectivity index (χ0) is 20.8. The van der Waals surface area contributed by atoms with Gasteiger partial charge in [0.05, 0.1) is 11.0 Å². The van der Waals surface area contributed by atoms with Crippen LogP contribution >= 0.6 is 0 Å². The summed E-state index contributed by atoms with van der Waals surface area (Å²) in [6.45, 7) is 2.02. The Kier molecular flexibility index (Phi) is 4.24. The van der Waals surface area contributed by atoms with E-state index in [0.29, 0.717) is 39.7 Å². The largest absolute Gasteiger partial charge is 0.335 e. The quantitative estimate of drug-likeness (QED) is 0.413. The summed E-state index contributed by atoms with van der Waals surface area (Å²) in [5.74, 6) is 0.718. The molecule has 0 aliphatic carbocycles. The molecule has 6 rings (SSSR count). The molecular formula is C23H20FN7. The molecule has 1 aliphatic heterocycles. The van der Waals surface area contributed by atoms with Crippen molar-refractivity contribution >= 4 is 22.2 Å². The summed E-state index contributed by atoms with van der Waals surface area (Å²) in [4.78, 5) is 17.3. The number of fused-ring (bicyclic) bond motifs is 2. The lowest BCUT2D eigenvalue weighted by Gasteiger charge is -2.22. The van der Waals surface area contributed by atoms with E-state index in [4.69, 9.17) is 4.98 Å². The van der Waals surface area contributed by atoms with Crippen LogP contribution in [0.3, 0.4) is 0 Å². The molecule has 0 radical (unpaired) electrons. The van der Waals surface area contributed by atoms with E-state index in [1.807, 2.05) is 12.1 Å². The standard InChI is InChI=1S/C23H20FN7/c24-16-4-2-1-3-14(16)15-9-12-26-22-19(15)28-23(29-22)21-20-18(30-31-21)6-5-17(27-20)13-7-10-25-11-8-13/h1-6,9,12-13,25H,7-8,10-11H2,(H,30,31)(H,26,28,29). The summed E-state index contributed by atoms with van der Waals surface area (Å²) >= 11 is 0. The molecule has 7 nitrogen and oxygen atoms in total. The molecule has 1 aliphatic rings. The predicted octanol–water partition coefficient (Wildman–Crippen LogP) is 4.17. The monoisotopic (exact) mass is 413 g/mol. The smallest absolute Gasteiger partial charge is 0.178 e. The van der Waals surface area contributed by atoms with Gasteiger partial charge in [-0.15, -0.1) is 0 Å². The van der Waals surface area contributed by atoms with Gasteiger partial charge >= 0.3 is 0 Å². The zero-order valence-corrected chi connectivity index (χ0v) is 16.7. The van der Waals surface area contributed by atoms with Crippen LogP contribution in [-0.4, -0.2) is 43.2 Å². The van der Waals surface area contributed by atoms with Crippen molar-refractivity contribution in [1.82, 2.24) is 35.5 Å². The maximum atomic E-state index is 14.4. The first kappa shape index (κ1) is 18.1. The third-order valence-corrected chi connectivity index (χ3v) is 5.97. The van der Waals surface area contributed by atoms with Gasteiger partial charge in [0.25, 0.3) is 0 Å². The highest BCUT2D eigenvalue weighted by Crippen LogP contribution is 2.32. The number of imidazole rings is 1. The third-order valence-electron chi connectivity index (χ3n) is 5.97. The molecule has 5 heterocycles. The summed E-state index contributed by atoms with van der Waals surface area (Å²) < 4.78 is 14.4. The number of aromatic nitrogens is 6. The number of halogens is 1. The van der Waals surface area contributed by atoms with Crippen molar-refractivity contribution in [3.05, 3.63) is 60.2 Å². The lowest BCUT2D eigenvalue weighted by atomic mass is 9.94. The SMILES string of the molecule is Fc1ccccc1-c1ccnc2nc(-c3n[nH]c4ccc(C5CCNCC5)nc34)[nH]c12. The maximum absolute atomic E-state index is 14.4. The van der Waals surface area contributed by atoms with Crippen LogP contribution in [0.25, 0.3) is 44.8 Å². The van der Waals surface area contributed by atoms with E-state index in [0.717, 1.165) is 42.7 Å². The molecule has 1 aromatic carbocycles. The second kappa shape index (κ2) is 7.24. The molecule has 0 saturated carbocycles. The molecule has 0 amide bonds. The predicted molar refractivity (Wildman–Crippen MR) is 117 cm³/mol. The van der Waals surface area contributed by atoms with Crippen molar-refractivity contribution in [2.24, 2.45) is 0 Å². The van der Waals surface area contributed by atoms with Crippen LogP contribution in [0.1, 0.15) is 24.5 Å². The van der Waals surface area contributed by atoms with Gasteiger partial charge in [-0.3, -0.25) is 5.10 Å². The average Bonchev–Trinajstić information content (AvgIpc) is 3.43. The number of hydrogen-bond donors (Lipinski definition) is 3. The van der Waals surface area contributed by atoms with E-state index < -0.39 is 0 Å². The van der Waals surface area contributed by atoms with Crippen LogP contribution in [0.4, 0.5) is 4.39 Å². The Balaban J connectivity index is 1.48. The normalized spacial score (nSPS) is 15.1. The molecule has 4 aromatic heterocycles. The molecule has 154 valence electrons. The van der Waals surface area contributed by atoms with Gasteiger partial charge in [0.1, 0.15) is 11.3 Å². The van der Waals surface area contributed by atoms with E-state index in [-0.39, 0.29) is 5.82 Å². The van der Waals surface area contributed by atoms with Crippen LogP contribution in [-0.2, 0) is 0 Å². The maximum Gasteiger partial charge on any atom is 0.178 e. The Bertz CT molecular complexity index is 1400. The topological polar surface area (TPSA) is 95.2 Å². The molecule has 3 N–H and O–H groups in total. The Labute approximate surface area is 177 Å². The highest BCUT2D eigenvalue weighted by atomic mass is 19.1. The van der Waals surface area contributed by atoms with Gasteiger partial charge in [0.15, 0.2) is 17.2 Å². The minimum absolute atomic E-state index is 0.287. The Hall–Kier alpha value is -3.65. The minimum atomic E-state index is -0.287. The van der Waals surface area contributed by atoms with E-state index in [1.165, 1.54) is 6.07 Å². The number of aromatic amines is 2.